The van der Waals surface area contributed by atoms with E-state index in [-0.39, 0.29) is 10.8 Å². The zero-order valence-corrected chi connectivity index (χ0v) is 35.8. The molecule has 8 aromatic carbocycles. The molecule has 0 saturated heterocycles. The van der Waals surface area contributed by atoms with Crippen molar-refractivity contribution in [1.82, 2.24) is 0 Å². The van der Waals surface area contributed by atoms with Gasteiger partial charge in [0.2, 0.25) is 0 Å². The van der Waals surface area contributed by atoms with Crippen molar-refractivity contribution in [2.75, 3.05) is 9.80 Å². The Hall–Kier alpha value is -7.16. The normalized spacial score (nSPS) is 17.3. The molecule has 0 bridgehead atoms. The van der Waals surface area contributed by atoms with Crippen LogP contribution < -0.4 is 9.80 Å². The highest BCUT2D eigenvalue weighted by molar-refractivity contribution is 5.90. The predicted molar refractivity (Wildman–Crippen MR) is 261 cm³/mol. The summed E-state index contributed by atoms with van der Waals surface area (Å²) in [5.74, 6) is 0.727. The summed E-state index contributed by atoms with van der Waals surface area (Å²) in [4.78, 5) is 4.83. The average molecular weight is 799 g/mol. The van der Waals surface area contributed by atoms with Crippen LogP contribution in [-0.2, 0) is 10.8 Å². The second kappa shape index (κ2) is 14.8. The Kier molecular flexibility index (Phi) is 9.02. The Morgan fingerprint density at radius 1 is 0.387 bits per heavy atom. The predicted octanol–water partition coefficient (Wildman–Crippen LogP) is 16.1. The van der Waals surface area contributed by atoms with Gasteiger partial charge < -0.3 is 9.80 Å². The van der Waals surface area contributed by atoms with E-state index in [0.717, 1.165) is 28.4 Å². The van der Waals surface area contributed by atoms with Crippen molar-refractivity contribution < 1.29 is 0 Å². The van der Waals surface area contributed by atoms with Crippen LogP contribution in [0, 0.1) is 5.92 Å². The van der Waals surface area contributed by atoms with E-state index in [4.69, 9.17) is 0 Å². The minimum Gasteiger partial charge on any atom is -0.311 e. The van der Waals surface area contributed by atoms with Gasteiger partial charge >= 0.3 is 0 Å². The van der Waals surface area contributed by atoms with Gasteiger partial charge in [-0.15, -0.1) is 0 Å². The van der Waals surface area contributed by atoms with E-state index in [2.05, 4.69) is 256 Å². The van der Waals surface area contributed by atoms with Crippen LogP contribution in [0.5, 0.6) is 0 Å². The number of anilines is 5. The van der Waals surface area contributed by atoms with Crippen molar-refractivity contribution in [2.45, 2.75) is 44.4 Å². The molecule has 11 rings (SSSR count). The molecule has 0 aliphatic heterocycles. The van der Waals surface area contributed by atoms with E-state index < -0.39 is 0 Å². The third-order valence-corrected chi connectivity index (χ3v) is 14.0. The zero-order chi connectivity index (χ0) is 42.0. The number of hydrogen-bond donors (Lipinski definition) is 0. The lowest BCUT2D eigenvalue weighted by Gasteiger charge is -2.35. The lowest BCUT2D eigenvalue weighted by atomic mass is 9.74. The summed E-state index contributed by atoms with van der Waals surface area (Å²) in [7, 11) is 0. The van der Waals surface area contributed by atoms with Crippen molar-refractivity contribution in [3.63, 3.8) is 0 Å². The van der Waals surface area contributed by atoms with Crippen LogP contribution in [-0.4, -0.2) is 0 Å². The molecule has 0 aromatic heterocycles. The van der Waals surface area contributed by atoms with Crippen LogP contribution >= 0.6 is 0 Å². The van der Waals surface area contributed by atoms with Gasteiger partial charge in [0.15, 0.2) is 0 Å². The highest BCUT2D eigenvalue weighted by atomic mass is 15.2. The van der Waals surface area contributed by atoms with E-state index in [0.29, 0.717) is 11.8 Å². The fourth-order valence-corrected chi connectivity index (χ4v) is 10.8. The monoisotopic (exact) mass is 798 g/mol. The Morgan fingerprint density at radius 3 is 1.61 bits per heavy atom. The fraction of sp³-hybridized carbons (Fsp3) is 0.133. The quantitative estimate of drug-likeness (QED) is 0.151. The first kappa shape index (κ1) is 37.8. The highest BCUT2D eigenvalue weighted by Crippen LogP contribution is 2.55. The topological polar surface area (TPSA) is 6.48 Å². The van der Waals surface area contributed by atoms with Gasteiger partial charge in [0, 0.05) is 45.5 Å². The molecule has 300 valence electrons. The molecule has 8 aromatic rings. The van der Waals surface area contributed by atoms with Crippen LogP contribution in [0.25, 0.3) is 33.4 Å². The number of allylic oxidation sites excluding steroid dienone is 3. The third kappa shape index (κ3) is 6.16. The van der Waals surface area contributed by atoms with Crippen molar-refractivity contribution in [1.29, 1.82) is 0 Å². The summed E-state index contributed by atoms with van der Waals surface area (Å²) in [5, 5.41) is 0. The van der Waals surface area contributed by atoms with Crippen LogP contribution in [0.15, 0.2) is 224 Å². The van der Waals surface area contributed by atoms with Gasteiger partial charge in [0.25, 0.3) is 0 Å². The summed E-state index contributed by atoms with van der Waals surface area (Å²) in [6.45, 7) is 9.53. The van der Waals surface area contributed by atoms with Gasteiger partial charge in [-0.05, 0) is 134 Å². The molecule has 0 N–H and O–H groups in total. The zero-order valence-electron chi connectivity index (χ0n) is 35.8. The van der Waals surface area contributed by atoms with Crippen molar-refractivity contribution >= 4 is 28.4 Å². The Labute approximate surface area is 366 Å². The highest BCUT2D eigenvalue weighted by Gasteiger charge is 2.45. The standard InChI is InChI=1S/C60H50N2/c1-59(2)55-26-16-14-24-50(55)52-36-33-47(39-57(52)59)61(43-20-10-6-11-21-43)45-30-28-42(29-31-45)49-35-32-46(38-54(49)41-18-8-5-9-19-41)62(44-22-12-7-13-23-44)48-34-37-53-51-25-15-17-27-56(51)60(3,4)58(53)40-48/h5-40,53,58H,1-4H3. The van der Waals surface area contributed by atoms with E-state index in [1.165, 1.54) is 61.3 Å². The second-order valence-electron chi connectivity index (χ2n) is 18.2. The van der Waals surface area contributed by atoms with Gasteiger partial charge in [-0.3, -0.25) is 0 Å². The number of rotatable bonds is 8. The molecule has 62 heavy (non-hydrogen) atoms. The molecule has 0 spiro atoms. The van der Waals surface area contributed by atoms with E-state index in [1.807, 2.05) is 0 Å². The van der Waals surface area contributed by atoms with Gasteiger partial charge in [0.1, 0.15) is 0 Å². The van der Waals surface area contributed by atoms with Crippen LogP contribution in [0.1, 0.15) is 55.9 Å². The third-order valence-electron chi connectivity index (χ3n) is 14.0. The first-order valence-electron chi connectivity index (χ1n) is 22.0. The van der Waals surface area contributed by atoms with Crippen LogP contribution in [0.4, 0.5) is 28.4 Å². The van der Waals surface area contributed by atoms with Gasteiger partial charge in [-0.2, -0.15) is 0 Å². The molecule has 2 atom stereocenters. The van der Waals surface area contributed by atoms with Crippen molar-refractivity contribution in [3.05, 3.63) is 246 Å². The largest absolute Gasteiger partial charge is 0.311 e. The van der Waals surface area contributed by atoms with E-state index in [9.17, 15) is 0 Å². The van der Waals surface area contributed by atoms with Crippen LogP contribution in [0.2, 0.25) is 0 Å². The minimum absolute atomic E-state index is 0.0178. The molecular weight excluding hydrogens is 749 g/mol. The number of hydrogen-bond acceptors (Lipinski definition) is 2. The maximum absolute atomic E-state index is 2.53. The molecule has 3 aliphatic carbocycles. The number of fused-ring (bicyclic) bond motifs is 6. The summed E-state index contributed by atoms with van der Waals surface area (Å²) in [6, 6.07) is 73.5. The van der Waals surface area contributed by atoms with Gasteiger partial charge in [0.05, 0.1) is 0 Å². The Bertz CT molecular complexity index is 3010. The molecule has 0 fully saturated rings. The summed E-state index contributed by atoms with van der Waals surface area (Å²) in [5.41, 5.74) is 19.9. The Balaban J connectivity index is 0.995. The SMILES string of the molecule is CC1(C)c2ccccc2-c2ccc(N(c3ccccc3)c3ccc(-c4ccc(N(C5=CC6C(C=C5)c5ccccc5C6(C)C)c5ccccc5)cc4-c4ccccc4)cc3)cc21. The Morgan fingerprint density at radius 2 is 0.903 bits per heavy atom. The first-order chi connectivity index (χ1) is 30.3. The second-order valence-corrected chi connectivity index (χ2v) is 18.2. The maximum atomic E-state index is 2.53. The summed E-state index contributed by atoms with van der Waals surface area (Å²) < 4.78 is 0. The summed E-state index contributed by atoms with van der Waals surface area (Å²) >= 11 is 0. The lowest BCUT2D eigenvalue weighted by molar-refractivity contribution is 0.392. The molecule has 2 unspecified atom stereocenters. The van der Waals surface area contributed by atoms with E-state index >= 15 is 0 Å². The molecule has 0 saturated carbocycles. The first-order valence-corrected chi connectivity index (χ1v) is 22.0. The van der Waals surface area contributed by atoms with Crippen molar-refractivity contribution in [2.24, 2.45) is 5.92 Å². The molecule has 0 radical (unpaired) electrons. The summed E-state index contributed by atoms with van der Waals surface area (Å²) in [6.07, 6.45) is 7.32. The van der Waals surface area contributed by atoms with Gasteiger partial charge in [-0.1, -0.05) is 179 Å². The number of benzene rings is 8. The van der Waals surface area contributed by atoms with Crippen molar-refractivity contribution in [3.8, 4) is 33.4 Å². The molecule has 2 heteroatoms. The fourth-order valence-electron chi connectivity index (χ4n) is 10.8. The lowest BCUT2D eigenvalue weighted by Crippen LogP contribution is -2.28. The molecular formula is C60H50N2. The minimum atomic E-state index is -0.0879. The maximum Gasteiger partial charge on any atom is 0.0468 e. The average Bonchev–Trinajstić information content (AvgIpc) is 3.69. The molecule has 0 amide bonds. The molecule has 3 aliphatic rings. The van der Waals surface area contributed by atoms with Gasteiger partial charge in [-0.25, -0.2) is 0 Å². The number of para-hydroxylation sites is 2. The van der Waals surface area contributed by atoms with E-state index in [1.54, 1.807) is 0 Å². The molecule has 0 heterocycles. The number of nitrogens with zero attached hydrogens (tertiary/aromatic N) is 2. The molecule has 2 nitrogen and oxygen atoms in total. The van der Waals surface area contributed by atoms with Crippen LogP contribution in [0.3, 0.4) is 0 Å². The smallest absolute Gasteiger partial charge is 0.0468 e.